The number of ether oxygens (including phenoxy) is 1. The van der Waals surface area contributed by atoms with Crippen LogP contribution in [0.15, 0.2) is 48.5 Å². The molecule has 0 N–H and O–H groups in total. The monoisotopic (exact) mass is 462 g/mol. The maximum Gasteiger partial charge on any atom is 0.343 e. The van der Waals surface area contributed by atoms with Crippen molar-refractivity contribution in [2.75, 3.05) is 0 Å². The molecule has 1 atom stereocenters. The molecular weight excluding hydrogens is 416 g/mol. The molecule has 0 heterocycles. The molecule has 0 amide bonds. The molecule has 2 heteroatoms. The highest BCUT2D eigenvalue weighted by Crippen LogP contribution is 2.38. The van der Waals surface area contributed by atoms with Gasteiger partial charge < -0.3 is 4.74 Å². The first kappa shape index (κ1) is 26.5. The molecule has 1 unspecified atom stereocenters. The Labute approximate surface area is 208 Å². The van der Waals surface area contributed by atoms with Gasteiger partial charge in [0.25, 0.3) is 0 Å². The quantitative estimate of drug-likeness (QED) is 0.168. The van der Waals surface area contributed by atoms with Gasteiger partial charge in [-0.3, -0.25) is 0 Å². The highest BCUT2D eigenvalue weighted by Gasteiger charge is 2.23. The summed E-state index contributed by atoms with van der Waals surface area (Å²) in [5.41, 5.74) is 3.31. The Bertz CT molecular complexity index is 828. The van der Waals surface area contributed by atoms with Gasteiger partial charge in [0.2, 0.25) is 0 Å². The van der Waals surface area contributed by atoms with Crippen LogP contribution in [0.5, 0.6) is 5.75 Å². The zero-order valence-electron chi connectivity index (χ0n) is 21.9. The summed E-state index contributed by atoms with van der Waals surface area (Å²) in [7, 11) is 0. The van der Waals surface area contributed by atoms with Crippen molar-refractivity contribution in [1.29, 1.82) is 0 Å². The lowest BCUT2D eigenvalue weighted by Gasteiger charge is -2.30. The van der Waals surface area contributed by atoms with E-state index in [0.717, 1.165) is 18.3 Å². The van der Waals surface area contributed by atoms with E-state index in [2.05, 4.69) is 45.0 Å². The Morgan fingerprint density at radius 2 is 1.50 bits per heavy atom. The molecule has 1 fully saturated rings. The highest BCUT2D eigenvalue weighted by atomic mass is 16.5. The third-order valence-electron chi connectivity index (χ3n) is 7.85. The van der Waals surface area contributed by atoms with Crippen LogP contribution < -0.4 is 4.74 Å². The predicted molar refractivity (Wildman–Crippen MR) is 144 cm³/mol. The topological polar surface area (TPSA) is 26.3 Å². The number of unbranched alkanes of at least 4 members (excludes halogenated alkanes) is 5. The molecule has 186 valence electrons. The van der Waals surface area contributed by atoms with Crippen LogP contribution in [0.25, 0.3) is 0 Å². The standard InChI is InChI=1S/C32H46O2/c1-4-6-7-8-9-10-11-26-12-18-30(19-13-26)32(33)34-31-22-20-29(21-23-31)28-16-14-27(15-17-28)24-25(3)5-2/h12-13,18-23,25,27-28H,4-11,14-17,24H2,1-3H3. The van der Waals surface area contributed by atoms with Crippen molar-refractivity contribution < 1.29 is 9.53 Å². The smallest absolute Gasteiger partial charge is 0.343 e. The highest BCUT2D eigenvalue weighted by molar-refractivity contribution is 5.91. The van der Waals surface area contributed by atoms with Crippen molar-refractivity contribution in [1.82, 2.24) is 0 Å². The Morgan fingerprint density at radius 1 is 0.853 bits per heavy atom. The van der Waals surface area contributed by atoms with Crippen molar-refractivity contribution in [3.8, 4) is 5.75 Å². The van der Waals surface area contributed by atoms with E-state index in [1.54, 1.807) is 0 Å². The van der Waals surface area contributed by atoms with Crippen LogP contribution in [0, 0.1) is 11.8 Å². The molecule has 0 aromatic heterocycles. The van der Waals surface area contributed by atoms with Crippen LogP contribution >= 0.6 is 0 Å². The largest absolute Gasteiger partial charge is 0.423 e. The first-order valence-electron chi connectivity index (χ1n) is 14.0. The normalized spacial score (nSPS) is 19.0. The van der Waals surface area contributed by atoms with Crippen LogP contribution in [-0.4, -0.2) is 5.97 Å². The van der Waals surface area contributed by atoms with E-state index in [9.17, 15) is 4.79 Å². The molecule has 1 saturated carbocycles. The van der Waals surface area contributed by atoms with E-state index in [1.807, 2.05) is 24.3 Å². The second-order valence-electron chi connectivity index (χ2n) is 10.6. The first-order chi connectivity index (χ1) is 16.6. The maximum absolute atomic E-state index is 12.6. The SMILES string of the molecule is CCCCCCCCc1ccc(C(=O)Oc2ccc(C3CCC(CC(C)CC)CC3)cc2)cc1. The van der Waals surface area contributed by atoms with Gasteiger partial charge in [-0.15, -0.1) is 0 Å². The number of esters is 1. The Morgan fingerprint density at radius 3 is 2.15 bits per heavy atom. The van der Waals surface area contributed by atoms with Crippen molar-refractivity contribution in [3.05, 3.63) is 65.2 Å². The molecule has 3 rings (SSSR count). The zero-order chi connectivity index (χ0) is 24.2. The minimum absolute atomic E-state index is 0.274. The number of carbonyl (C=O) groups is 1. The van der Waals surface area contributed by atoms with E-state index < -0.39 is 0 Å². The third-order valence-corrected chi connectivity index (χ3v) is 7.85. The summed E-state index contributed by atoms with van der Waals surface area (Å²) in [5.74, 6) is 2.77. The Kier molecular flexibility index (Phi) is 11.2. The molecule has 2 aromatic rings. The molecule has 0 radical (unpaired) electrons. The number of benzene rings is 2. The minimum Gasteiger partial charge on any atom is -0.423 e. The molecule has 1 aliphatic rings. The number of carbonyl (C=O) groups excluding carboxylic acids is 1. The van der Waals surface area contributed by atoms with Gasteiger partial charge in [0, 0.05) is 0 Å². The van der Waals surface area contributed by atoms with Gasteiger partial charge in [0.05, 0.1) is 5.56 Å². The van der Waals surface area contributed by atoms with Crippen molar-refractivity contribution >= 4 is 5.97 Å². The molecule has 2 aromatic carbocycles. The number of rotatable bonds is 13. The fourth-order valence-corrected chi connectivity index (χ4v) is 5.36. The average Bonchev–Trinajstić information content (AvgIpc) is 2.87. The van der Waals surface area contributed by atoms with E-state index in [0.29, 0.717) is 17.2 Å². The fraction of sp³-hybridized carbons (Fsp3) is 0.594. The van der Waals surface area contributed by atoms with Gasteiger partial charge in [-0.1, -0.05) is 83.6 Å². The van der Waals surface area contributed by atoms with Crippen molar-refractivity contribution in [2.24, 2.45) is 11.8 Å². The predicted octanol–water partition coefficient (Wildman–Crippen LogP) is 9.52. The van der Waals surface area contributed by atoms with Crippen LogP contribution in [0.4, 0.5) is 0 Å². The second-order valence-corrected chi connectivity index (χ2v) is 10.6. The lowest BCUT2D eigenvalue weighted by Crippen LogP contribution is -2.15. The molecule has 0 bridgehead atoms. The molecule has 0 spiro atoms. The van der Waals surface area contributed by atoms with Gasteiger partial charge in [0.15, 0.2) is 0 Å². The van der Waals surface area contributed by atoms with E-state index in [1.165, 1.54) is 88.2 Å². The van der Waals surface area contributed by atoms with E-state index in [-0.39, 0.29) is 5.97 Å². The molecular formula is C32H46O2. The fourth-order valence-electron chi connectivity index (χ4n) is 5.36. The van der Waals surface area contributed by atoms with E-state index >= 15 is 0 Å². The molecule has 0 aliphatic heterocycles. The number of hydrogen-bond acceptors (Lipinski definition) is 2. The number of aryl methyl sites for hydroxylation is 1. The molecule has 2 nitrogen and oxygen atoms in total. The second kappa shape index (κ2) is 14.3. The zero-order valence-corrected chi connectivity index (χ0v) is 21.9. The van der Waals surface area contributed by atoms with Crippen LogP contribution in [0.3, 0.4) is 0 Å². The Hall–Kier alpha value is -2.09. The lowest BCUT2D eigenvalue weighted by atomic mass is 9.75. The van der Waals surface area contributed by atoms with Gasteiger partial charge in [0.1, 0.15) is 5.75 Å². The van der Waals surface area contributed by atoms with Crippen molar-refractivity contribution in [2.45, 2.75) is 110 Å². The third kappa shape index (κ3) is 8.60. The first-order valence-corrected chi connectivity index (χ1v) is 14.0. The average molecular weight is 463 g/mol. The lowest BCUT2D eigenvalue weighted by molar-refractivity contribution is 0.0734. The molecule has 1 aliphatic carbocycles. The van der Waals surface area contributed by atoms with Crippen molar-refractivity contribution in [3.63, 3.8) is 0 Å². The number of hydrogen-bond donors (Lipinski definition) is 0. The summed E-state index contributed by atoms with van der Waals surface area (Å²) in [6, 6.07) is 16.2. The minimum atomic E-state index is -0.274. The summed E-state index contributed by atoms with van der Waals surface area (Å²) in [6.45, 7) is 6.94. The maximum atomic E-state index is 12.6. The summed E-state index contributed by atoms with van der Waals surface area (Å²) >= 11 is 0. The summed E-state index contributed by atoms with van der Waals surface area (Å²) in [5, 5.41) is 0. The molecule has 0 saturated heterocycles. The van der Waals surface area contributed by atoms with Crippen LogP contribution in [0.2, 0.25) is 0 Å². The van der Waals surface area contributed by atoms with Gasteiger partial charge in [-0.2, -0.15) is 0 Å². The van der Waals surface area contributed by atoms with E-state index in [4.69, 9.17) is 4.74 Å². The van der Waals surface area contributed by atoms with Crippen LogP contribution in [-0.2, 0) is 6.42 Å². The van der Waals surface area contributed by atoms with Gasteiger partial charge >= 0.3 is 5.97 Å². The van der Waals surface area contributed by atoms with Crippen LogP contribution in [0.1, 0.15) is 125 Å². The summed E-state index contributed by atoms with van der Waals surface area (Å²) < 4.78 is 5.65. The summed E-state index contributed by atoms with van der Waals surface area (Å²) in [6.07, 6.45) is 16.9. The summed E-state index contributed by atoms with van der Waals surface area (Å²) in [4.78, 5) is 12.6. The Balaban J connectivity index is 1.42. The molecule has 34 heavy (non-hydrogen) atoms. The van der Waals surface area contributed by atoms with Gasteiger partial charge in [-0.05, 0) is 98.1 Å². The van der Waals surface area contributed by atoms with Gasteiger partial charge in [-0.25, -0.2) is 4.79 Å².